The molecule has 1 atom stereocenters. The zero-order valence-corrected chi connectivity index (χ0v) is 10.8. The van der Waals surface area contributed by atoms with E-state index in [1.807, 2.05) is 6.07 Å². The van der Waals surface area contributed by atoms with Gasteiger partial charge in [0.2, 0.25) is 0 Å². The Morgan fingerprint density at radius 3 is 3.06 bits per heavy atom. The molecule has 0 bridgehead atoms. The first-order valence-corrected chi connectivity index (χ1v) is 6.42. The van der Waals surface area contributed by atoms with Gasteiger partial charge in [0.15, 0.2) is 0 Å². The number of fused-ring (bicyclic) bond motifs is 1. The number of benzene rings is 1. The summed E-state index contributed by atoms with van der Waals surface area (Å²) in [4.78, 5) is 2.31. The van der Waals surface area contributed by atoms with E-state index in [1.165, 1.54) is 5.56 Å². The fourth-order valence-corrected chi connectivity index (χ4v) is 2.10. The van der Waals surface area contributed by atoms with Crippen molar-refractivity contribution in [2.24, 2.45) is 0 Å². The molecule has 1 unspecified atom stereocenters. The Morgan fingerprint density at radius 2 is 2.24 bits per heavy atom. The van der Waals surface area contributed by atoms with Gasteiger partial charge in [-0.25, -0.2) is 0 Å². The van der Waals surface area contributed by atoms with Crippen LogP contribution in [0, 0.1) is 0 Å². The van der Waals surface area contributed by atoms with Gasteiger partial charge >= 0.3 is 0 Å². The molecular weight excluding hydrogens is 212 g/mol. The lowest BCUT2D eigenvalue weighted by Gasteiger charge is -2.15. The van der Waals surface area contributed by atoms with E-state index in [9.17, 15) is 0 Å². The number of rotatable bonds is 6. The lowest BCUT2D eigenvalue weighted by Crippen LogP contribution is -2.31. The second-order valence-electron chi connectivity index (χ2n) is 4.65. The van der Waals surface area contributed by atoms with E-state index in [1.54, 1.807) is 0 Å². The Hall–Kier alpha value is -1.06. The Kier molecular flexibility index (Phi) is 4.40. The highest BCUT2D eigenvalue weighted by Crippen LogP contribution is 2.32. The highest BCUT2D eigenvalue weighted by atomic mass is 16.5. The predicted octanol–water partition coefficient (Wildman–Crippen LogP) is 1.70. The van der Waals surface area contributed by atoms with Crippen LogP contribution < -0.4 is 10.1 Å². The van der Waals surface area contributed by atoms with Crippen LogP contribution in [0.15, 0.2) is 24.3 Å². The van der Waals surface area contributed by atoms with E-state index in [4.69, 9.17) is 4.74 Å². The Morgan fingerprint density at radius 1 is 1.41 bits per heavy atom. The van der Waals surface area contributed by atoms with Crippen molar-refractivity contribution in [3.05, 3.63) is 29.8 Å². The average Bonchev–Trinajstić information content (AvgIpc) is 2.78. The zero-order valence-electron chi connectivity index (χ0n) is 10.8. The average molecular weight is 234 g/mol. The normalized spacial score (nSPS) is 18.2. The summed E-state index contributed by atoms with van der Waals surface area (Å²) in [6.07, 6.45) is 0. The van der Waals surface area contributed by atoms with Gasteiger partial charge in [-0.2, -0.15) is 0 Å². The monoisotopic (exact) mass is 234 g/mol. The van der Waals surface area contributed by atoms with Crippen LogP contribution >= 0.6 is 0 Å². The van der Waals surface area contributed by atoms with E-state index < -0.39 is 0 Å². The van der Waals surface area contributed by atoms with Crippen LogP contribution in [-0.2, 0) is 0 Å². The number of likely N-dealkylation sites (N-methyl/N-ethyl adjacent to an activating group) is 1. The zero-order chi connectivity index (χ0) is 12.1. The summed E-state index contributed by atoms with van der Waals surface area (Å²) in [6, 6.07) is 8.35. The molecule has 17 heavy (non-hydrogen) atoms. The highest BCUT2D eigenvalue weighted by Gasteiger charge is 2.22. The van der Waals surface area contributed by atoms with Crippen LogP contribution in [0.1, 0.15) is 18.4 Å². The lowest BCUT2D eigenvalue weighted by molar-refractivity contribution is 0.318. The molecule has 2 rings (SSSR count). The summed E-state index contributed by atoms with van der Waals surface area (Å²) in [5.74, 6) is 1.57. The standard InChI is InChI=1S/C14H22N2O/c1-3-16(2)9-8-15-10-12-11-17-14-7-5-4-6-13(12)14/h4-7,12,15H,3,8-11H2,1-2H3. The molecule has 0 saturated heterocycles. The van der Waals surface area contributed by atoms with Gasteiger partial charge in [0, 0.05) is 31.1 Å². The van der Waals surface area contributed by atoms with Crippen LogP contribution in [0.5, 0.6) is 5.75 Å². The summed E-state index contributed by atoms with van der Waals surface area (Å²) < 4.78 is 5.66. The van der Waals surface area contributed by atoms with Gasteiger partial charge in [-0.05, 0) is 19.7 Å². The van der Waals surface area contributed by atoms with Crippen molar-refractivity contribution >= 4 is 0 Å². The molecule has 0 fully saturated rings. The smallest absolute Gasteiger partial charge is 0.122 e. The van der Waals surface area contributed by atoms with Crippen molar-refractivity contribution in [2.75, 3.05) is 39.8 Å². The molecule has 0 saturated carbocycles. The van der Waals surface area contributed by atoms with Crippen LogP contribution in [0.25, 0.3) is 0 Å². The van der Waals surface area contributed by atoms with Crippen molar-refractivity contribution in [3.63, 3.8) is 0 Å². The quantitative estimate of drug-likeness (QED) is 0.758. The Bertz CT molecular complexity index is 354. The first-order chi connectivity index (χ1) is 8.31. The topological polar surface area (TPSA) is 24.5 Å². The van der Waals surface area contributed by atoms with Crippen molar-refractivity contribution in [1.82, 2.24) is 10.2 Å². The van der Waals surface area contributed by atoms with E-state index >= 15 is 0 Å². The van der Waals surface area contributed by atoms with Crippen LogP contribution in [0.2, 0.25) is 0 Å². The third-order valence-electron chi connectivity index (χ3n) is 3.40. The maximum Gasteiger partial charge on any atom is 0.122 e. The van der Waals surface area contributed by atoms with Gasteiger partial charge < -0.3 is 15.0 Å². The first kappa shape index (κ1) is 12.4. The van der Waals surface area contributed by atoms with E-state index in [2.05, 4.69) is 42.4 Å². The van der Waals surface area contributed by atoms with Gasteiger partial charge in [-0.15, -0.1) is 0 Å². The number of nitrogens with zero attached hydrogens (tertiary/aromatic N) is 1. The fourth-order valence-electron chi connectivity index (χ4n) is 2.10. The summed E-state index contributed by atoms with van der Waals surface area (Å²) in [5.41, 5.74) is 1.35. The predicted molar refractivity (Wildman–Crippen MR) is 70.7 cm³/mol. The number of hydrogen-bond donors (Lipinski definition) is 1. The molecule has 0 spiro atoms. The van der Waals surface area contributed by atoms with Crippen LogP contribution in [-0.4, -0.2) is 44.7 Å². The molecule has 0 aliphatic carbocycles. The van der Waals surface area contributed by atoms with Crippen LogP contribution in [0.4, 0.5) is 0 Å². The number of ether oxygens (including phenoxy) is 1. The van der Waals surface area contributed by atoms with Crippen LogP contribution in [0.3, 0.4) is 0 Å². The molecule has 0 amide bonds. The molecule has 1 heterocycles. The summed E-state index contributed by atoms with van der Waals surface area (Å²) >= 11 is 0. The van der Waals surface area contributed by atoms with Gasteiger partial charge in [0.1, 0.15) is 5.75 Å². The largest absolute Gasteiger partial charge is 0.493 e. The van der Waals surface area contributed by atoms with Gasteiger partial charge in [-0.1, -0.05) is 25.1 Å². The molecule has 1 aliphatic heterocycles. The van der Waals surface area contributed by atoms with Crippen molar-refractivity contribution < 1.29 is 4.74 Å². The second kappa shape index (κ2) is 6.03. The van der Waals surface area contributed by atoms with E-state index in [0.717, 1.165) is 38.5 Å². The van der Waals surface area contributed by atoms with Gasteiger partial charge in [-0.3, -0.25) is 0 Å². The SMILES string of the molecule is CCN(C)CCNCC1COc2ccccc21. The maximum atomic E-state index is 5.66. The number of hydrogen-bond acceptors (Lipinski definition) is 3. The van der Waals surface area contributed by atoms with Crippen molar-refractivity contribution in [2.45, 2.75) is 12.8 Å². The summed E-state index contributed by atoms with van der Waals surface area (Å²) in [7, 11) is 2.15. The minimum absolute atomic E-state index is 0.512. The molecule has 1 aromatic rings. The maximum absolute atomic E-state index is 5.66. The molecule has 0 aromatic heterocycles. The number of nitrogens with one attached hydrogen (secondary N) is 1. The van der Waals surface area contributed by atoms with Crippen molar-refractivity contribution in [3.8, 4) is 5.75 Å². The molecule has 1 N–H and O–H groups in total. The second-order valence-corrected chi connectivity index (χ2v) is 4.65. The third-order valence-corrected chi connectivity index (χ3v) is 3.40. The minimum atomic E-state index is 0.512. The molecule has 1 aromatic carbocycles. The van der Waals surface area contributed by atoms with E-state index in [-0.39, 0.29) is 0 Å². The van der Waals surface area contributed by atoms with Gasteiger partial charge in [0.25, 0.3) is 0 Å². The fraction of sp³-hybridized carbons (Fsp3) is 0.571. The molecule has 94 valence electrons. The Balaban J connectivity index is 1.75. The van der Waals surface area contributed by atoms with Gasteiger partial charge in [0.05, 0.1) is 6.61 Å². The molecule has 0 radical (unpaired) electrons. The molecular formula is C14H22N2O. The first-order valence-electron chi connectivity index (χ1n) is 6.42. The lowest BCUT2D eigenvalue weighted by atomic mass is 10.0. The molecule has 3 heteroatoms. The minimum Gasteiger partial charge on any atom is -0.493 e. The summed E-state index contributed by atoms with van der Waals surface area (Å²) in [5, 5.41) is 3.51. The van der Waals surface area contributed by atoms with Crippen molar-refractivity contribution in [1.29, 1.82) is 0 Å². The number of para-hydroxylation sites is 1. The highest BCUT2D eigenvalue weighted by molar-refractivity contribution is 5.39. The summed E-state index contributed by atoms with van der Waals surface area (Å²) in [6.45, 7) is 7.26. The Labute approximate surface area is 104 Å². The third kappa shape index (κ3) is 3.20. The molecule has 1 aliphatic rings. The molecule has 3 nitrogen and oxygen atoms in total. The van der Waals surface area contributed by atoms with E-state index in [0.29, 0.717) is 5.92 Å².